The highest BCUT2D eigenvalue weighted by molar-refractivity contribution is 5.33. The predicted octanol–water partition coefficient (Wildman–Crippen LogP) is 7.01. The summed E-state index contributed by atoms with van der Waals surface area (Å²) in [6, 6.07) is 3.36. The fourth-order valence-corrected chi connectivity index (χ4v) is 5.37. The maximum absolute atomic E-state index is 14.6. The molecule has 0 N–H and O–H groups in total. The molecular weight excluding hydrogens is 370 g/mol. The van der Waals surface area contributed by atoms with Crippen LogP contribution < -0.4 is 4.74 Å². The molecule has 3 fully saturated rings. The monoisotopic (exact) mass is 406 g/mol. The van der Waals surface area contributed by atoms with Crippen molar-refractivity contribution < 1.29 is 18.3 Å². The zero-order valence-corrected chi connectivity index (χ0v) is 17.8. The van der Waals surface area contributed by atoms with E-state index in [1.165, 1.54) is 38.5 Å². The highest BCUT2D eigenvalue weighted by Gasteiger charge is 2.33. The van der Waals surface area contributed by atoms with Gasteiger partial charge in [0.15, 0.2) is 11.6 Å². The smallest absolute Gasteiger partial charge is 0.200 e. The molecule has 3 saturated carbocycles. The van der Waals surface area contributed by atoms with Crippen molar-refractivity contribution in [2.45, 2.75) is 89.6 Å². The summed E-state index contributed by atoms with van der Waals surface area (Å²) in [6.45, 7) is 3.34. The molecule has 0 radical (unpaired) electrons. The molecule has 0 bridgehead atoms. The van der Waals surface area contributed by atoms with Gasteiger partial charge >= 0.3 is 0 Å². The molecule has 0 amide bonds. The molecule has 0 atom stereocenters. The molecule has 0 spiro atoms. The Morgan fingerprint density at radius 2 is 1.48 bits per heavy atom. The van der Waals surface area contributed by atoms with Crippen LogP contribution in [-0.4, -0.2) is 19.3 Å². The Kier molecular flexibility index (Phi) is 7.10. The molecule has 1 aromatic rings. The second kappa shape index (κ2) is 9.76. The van der Waals surface area contributed by atoms with E-state index in [1.807, 2.05) is 6.92 Å². The molecular formula is C25H36F2O2. The quantitative estimate of drug-likeness (QED) is 0.462. The minimum Gasteiger partial charge on any atom is -0.490 e. The third kappa shape index (κ3) is 5.31. The van der Waals surface area contributed by atoms with Crippen molar-refractivity contribution in [1.82, 2.24) is 0 Å². The minimum absolute atomic E-state index is 0.0439. The highest BCUT2D eigenvalue weighted by Crippen LogP contribution is 2.44. The molecule has 3 aliphatic carbocycles. The summed E-state index contributed by atoms with van der Waals surface area (Å²) >= 11 is 0. The lowest BCUT2D eigenvalue weighted by molar-refractivity contribution is 0.00285. The van der Waals surface area contributed by atoms with Gasteiger partial charge in [-0.15, -0.1) is 0 Å². The van der Waals surface area contributed by atoms with Crippen LogP contribution >= 0.6 is 0 Å². The van der Waals surface area contributed by atoms with E-state index >= 15 is 0 Å². The zero-order chi connectivity index (χ0) is 20.2. The largest absolute Gasteiger partial charge is 0.490 e. The van der Waals surface area contributed by atoms with Crippen LogP contribution in [0.15, 0.2) is 12.1 Å². The van der Waals surface area contributed by atoms with E-state index in [1.54, 1.807) is 12.1 Å². The lowest BCUT2D eigenvalue weighted by Gasteiger charge is -2.38. The Balaban J connectivity index is 1.25. The third-order valence-corrected chi connectivity index (χ3v) is 7.40. The topological polar surface area (TPSA) is 18.5 Å². The standard InChI is InChI=1S/C25H36F2O2/c1-2-15-28-23-14-13-22(24(26)25(23)27)20-7-5-18(6-8-20)19-9-11-21(12-10-19)29-16-17-3-4-17/h13-14,17-21H,2-12,15-16H2,1H3. The van der Waals surface area contributed by atoms with E-state index in [2.05, 4.69) is 0 Å². The molecule has 0 unspecified atom stereocenters. The van der Waals surface area contributed by atoms with E-state index in [0.29, 0.717) is 18.3 Å². The van der Waals surface area contributed by atoms with Gasteiger partial charge in [0.1, 0.15) is 0 Å². The lowest BCUT2D eigenvalue weighted by atomic mass is 9.69. The van der Waals surface area contributed by atoms with Gasteiger partial charge in [0.05, 0.1) is 12.7 Å². The first-order valence-electron chi connectivity index (χ1n) is 11.9. The summed E-state index contributed by atoms with van der Waals surface area (Å²) in [4.78, 5) is 0. The molecule has 2 nitrogen and oxygen atoms in total. The van der Waals surface area contributed by atoms with Gasteiger partial charge < -0.3 is 9.47 Å². The molecule has 4 heteroatoms. The van der Waals surface area contributed by atoms with E-state index in [-0.39, 0.29) is 11.7 Å². The molecule has 0 aromatic heterocycles. The van der Waals surface area contributed by atoms with Gasteiger partial charge in [-0.05, 0) is 106 Å². The third-order valence-electron chi connectivity index (χ3n) is 7.40. The number of rotatable bonds is 8. The number of halogens is 2. The van der Waals surface area contributed by atoms with Gasteiger partial charge in [0.25, 0.3) is 0 Å². The van der Waals surface area contributed by atoms with Gasteiger partial charge in [-0.2, -0.15) is 4.39 Å². The number of ether oxygens (including phenoxy) is 2. The Bertz CT molecular complexity index is 657. The maximum atomic E-state index is 14.6. The van der Waals surface area contributed by atoms with Crippen LogP contribution in [-0.2, 0) is 4.74 Å². The van der Waals surface area contributed by atoms with Crippen LogP contribution in [0.5, 0.6) is 5.75 Å². The average Bonchev–Trinajstić information content (AvgIpc) is 3.59. The van der Waals surface area contributed by atoms with Crippen molar-refractivity contribution in [3.8, 4) is 5.75 Å². The minimum atomic E-state index is -0.817. The second-order valence-electron chi connectivity index (χ2n) is 9.55. The van der Waals surface area contributed by atoms with E-state index < -0.39 is 11.6 Å². The molecule has 3 aliphatic rings. The van der Waals surface area contributed by atoms with E-state index in [0.717, 1.165) is 56.5 Å². The first-order chi connectivity index (χ1) is 14.2. The summed E-state index contributed by atoms with van der Waals surface area (Å²) in [5, 5.41) is 0. The molecule has 0 aliphatic heterocycles. The number of benzene rings is 1. The highest BCUT2D eigenvalue weighted by atomic mass is 19.2. The number of hydrogen-bond acceptors (Lipinski definition) is 2. The van der Waals surface area contributed by atoms with E-state index in [4.69, 9.17) is 9.47 Å². The van der Waals surface area contributed by atoms with Gasteiger partial charge in [-0.1, -0.05) is 13.0 Å². The first kappa shape index (κ1) is 21.1. The molecule has 162 valence electrons. The van der Waals surface area contributed by atoms with Crippen LogP contribution in [0.25, 0.3) is 0 Å². The maximum Gasteiger partial charge on any atom is 0.200 e. The van der Waals surface area contributed by atoms with Gasteiger partial charge in [-0.3, -0.25) is 0 Å². The van der Waals surface area contributed by atoms with Crippen molar-refractivity contribution in [2.75, 3.05) is 13.2 Å². The van der Waals surface area contributed by atoms with Crippen LogP contribution in [0.4, 0.5) is 8.78 Å². The summed E-state index contributed by atoms with van der Waals surface area (Å²) in [7, 11) is 0. The Hall–Kier alpha value is -1.16. The Morgan fingerprint density at radius 1 is 0.828 bits per heavy atom. The van der Waals surface area contributed by atoms with E-state index in [9.17, 15) is 8.78 Å². The van der Waals surface area contributed by atoms with Crippen LogP contribution in [0.2, 0.25) is 0 Å². The lowest BCUT2D eigenvalue weighted by Crippen LogP contribution is -2.28. The zero-order valence-electron chi connectivity index (χ0n) is 17.8. The molecule has 0 saturated heterocycles. The average molecular weight is 407 g/mol. The van der Waals surface area contributed by atoms with Gasteiger partial charge in [0.2, 0.25) is 5.82 Å². The van der Waals surface area contributed by atoms with Gasteiger partial charge in [0, 0.05) is 6.61 Å². The first-order valence-corrected chi connectivity index (χ1v) is 11.9. The normalized spacial score (nSPS) is 30.3. The SMILES string of the molecule is CCCOc1ccc(C2CCC(C3CCC(OCC4CC4)CC3)CC2)c(F)c1F. The fourth-order valence-electron chi connectivity index (χ4n) is 5.37. The van der Waals surface area contributed by atoms with Crippen molar-refractivity contribution in [2.24, 2.45) is 17.8 Å². The Morgan fingerprint density at radius 3 is 2.10 bits per heavy atom. The van der Waals surface area contributed by atoms with Crippen molar-refractivity contribution >= 4 is 0 Å². The predicted molar refractivity (Wildman–Crippen MR) is 111 cm³/mol. The number of hydrogen-bond donors (Lipinski definition) is 0. The van der Waals surface area contributed by atoms with Crippen molar-refractivity contribution in [1.29, 1.82) is 0 Å². The Labute approximate surface area is 174 Å². The fraction of sp³-hybridized carbons (Fsp3) is 0.760. The molecule has 1 aromatic carbocycles. The van der Waals surface area contributed by atoms with Crippen LogP contribution in [0, 0.1) is 29.4 Å². The van der Waals surface area contributed by atoms with Crippen molar-refractivity contribution in [3.05, 3.63) is 29.3 Å². The summed E-state index contributed by atoms with van der Waals surface area (Å²) in [5.41, 5.74) is 0.544. The summed E-state index contributed by atoms with van der Waals surface area (Å²) < 4.78 is 40.4. The van der Waals surface area contributed by atoms with Crippen molar-refractivity contribution in [3.63, 3.8) is 0 Å². The molecule has 4 rings (SSSR count). The summed E-state index contributed by atoms with van der Waals surface area (Å²) in [5.74, 6) is 1.05. The molecule has 0 heterocycles. The van der Waals surface area contributed by atoms with Crippen LogP contribution in [0.1, 0.15) is 89.0 Å². The second-order valence-corrected chi connectivity index (χ2v) is 9.55. The summed E-state index contributed by atoms with van der Waals surface area (Å²) in [6.07, 6.45) is 13.1. The van der Waals surface area contributed by atoms with Gasteiger partial charge in [-0.25, -0.2) is 4.39 Å². The van der Waals surface area contributed by atoms with Crippen LogP contribution in [0.3, 0.4) is 0 Å². The molecule has 29 heavy (non-hydrogen) atoms.